The summed E-state index contributed by atoms with van der Waals surface area (Å²) in [6.45, 7) is 2.89. The van der Waals surface area contributed by atoms with Crippen molar-refractivity contribution < 1.29 is 9.53 Å². The zero-order valence-electron chi connectivity index (χ0n) is 8.92. The maximum absolute atomic E-state index is 11.1. The molecule has 1 saturated heterocycles. The second kappa shape index (κ2) is 3.99. The fourth-order valence-electron chi connectivity index (χ4n) is 2.37. The smallest absolute Gasteiger partial charge is 0.135 e. The molecule has 0 aromatic rings. The molecule has 0 spiro atoms. The SMILES string of the molecule is COC1(CN2CCC(=O)CC2)CCC1. The van der Waals surface area contributed by atoms with Crippen molar-refractivity contribution in [1.82, 2.24) is 4.90 Å². The van der Waals surface area contributed by atoms with Gasteiger partial charge in [-0.2, -0.15) is 0 Å². The summed E-state index contributed by atoms with van der Waals surface area (Å²) in [5.41, 5.74) is 0.125. The number of Topliss-reactive ketones (excluding diaryl/α,β-unsaturated/α-hetero) is 1. The normalized spacial score (nSPS) is 27.4. The summed E-state index contributed by atoms with van der Waals surface area (Å²) in [7, 11) is 1.81. The Bertz CT molecular complexity index is 208. The highest BCUT2D eigenvalue weighted by Crippen LogP contribution is 2.36. The average molecular weight is 197 g/mol. The molecule has 0 amide bonds. The van der Waals surface area contributed by atoms with Crippen molar-refractivity contribution in [1.29, 1.82) is 0 Å². The Morgan fingerprint density at radius 1 is 1.36 bits per heavy atom. The first-order chi connectivity index (χ1) is 6.74. The Hall–Kier alpha value is -0.410. The zero-order valence-corrected chi connectivity index (χ0v) is 8.92. The largest absolute Gasteiger partial charge is 0.377 e. The van der Waals surface area contributed by atoms with Crippen LogP contribution in [0.2, 0.25) is 0 Å². The molecule has 1 heterocycles. The minimum atomic E-state index is 0.125. The van der Waals surface area contributed by atoms with Gasteiger partial charge in [-0.15, -0.1) is 0 Å². The van der Waals surface area contributed by atoms with E-state index in [1.165, 1.54) is 19.3 Å². The molecular formula is C11H19NO2. The van der Waals surface area contributed by atoms with Gasteiger partial charge in [0.05, 0.1) is 5.60 Å². The monoisotopic (exact) mass is 197 g/mol. The fourth-order valence-corrected chi connectivity index (χ4v) is 2.37. The van der Waals surface area contributed by atoms with Crippen LogP contribution in [0.4, 0.5) is 0 Å². The van der Waals surface area contributed by atoms with E-state index < -0.39 is 0 Å². The van der Waals surface area contributed by atoms with Crippen molar-refractivity contribution in [3.05, 3.63) is 0 Å². The number of carbonyl (C=O) groups excluding carboxylic acids is 1. The number of likely N-dealkylation sites (tertiary alicyclic amines) is 1. The van der Waals surface area contributed by atoms with E-state index in [1.807, 2.05) is 7.11 Å². The van der Waals surface area contributed by atoms with Crippen LogP contribution in [0, 0.1) is 0 Å². The van der Waals surface area contributed by atoms with Gasteiger partial charge in [-0.3, -0.25) is 9.69 Å². The summed E-state index contributed by atoms with van der Waals surface area (Å²) in [5.74, 6) is 0.418. The molecule has 2 rings (SSSR count). The van der Waals surface area contributed by atoms with Crippen LogP contribution in [0.1, 0.15) is 32.1 Å². The van der Waals surface area contributed by atoms with E-state index in [-0.39, 0.29) is 5.60 Å². The van der Waals surface area contributed by atoms with Crippen molar-refractivity contribution in [2.75, 3.05) is 26.7 Å². The molecule has 0 atom stereocenters. The number of carbonyl (C=O) groups is 1. The van der Waals surface area contributed by atoms with E-state index in [4.69, 9.17) is 4.74 Å². The predicted molar refractivity (Wildman–Crippen MR) is 54.3 cm³/mol. The van der Waals surface area contributed by atoms with E-state index in [2.05, 4.69) is 4.90 Å². The molecule has 0 N–H and O–H groups in total. The molecule has 0 aromatic carbocycles. The molecule has 2 aliphatic rings. The van der Waals surface area contributed by atoms with Crippen LogP contribution in [-0.2, 0) is 9.53 Å². The summed E-state index contributed by atoms with van der Waals surface area (Å²) >= 11 is 0. The highest BCUT2D eigenvalue weighted by Gasteiger charge is 2.38. The number of piperidine rings is 1. The van der Waals surface area contributed by atoms with Crippen LogP contribution in [0.3, 0.4) is 0 Å². The molecule has 0 unspecified atom stereocenters. The first kappa shape index (κ1) is 10.1. The van der Waals surface area contributed by atoms with Gasteiger partial charge in [0.1, 0.15) is 5.78 Å². The quantitative estimate of drug-likeness (QED) is 0.681. The summed E-state index contributed by atoms with van der Waals surface area (Å²) in [6, 6.07) is 0. The highest BCUT2D eigenvalue weighted by molar-refractivity contribution is 5.79. The molecule has 1 aliphatic heterocycles. The van der Waals surface area contributed by atoms with E-state index in [9.17, 15) is 4.79 Å². The number of hydrogen-bond acceptors (Lipinski definition) is 3. The molecule has 1 saturated carbocycles. The molecule has 2 fully saturated rings. The molecule has 0 radical (unpaired) electrons. The average Bonchev–Trinajstić information content (AvgIpc) is 2.15. The van der Waals surface area contributed by atoms with E-state index >= 15 is 0 Å². The van der Waals surface area contributed by atoms with Gasteiger partial charge in [0.15, 0.2) is 0 Å². The van der Waals surface area contributed by atoms with Gasteiger partial charge in [0.2, 0.25) is 0 Å². The zero-order chi connectivity index (χ0) is 10.0. The van der Waals surface area contributed by atoms with E-state index in [0.29, 0.717) is 5.78 Å². The van der Waals surface area contributed by atoms with Crippen molar-refractivity contribution in [2.24, 2.45) is 0 Å². The minimum Gasteiger partial charge on any atom is -0.377 e. The van der Waals surface area contributed by atoms with Gasteiger partial charge >= 0.3 is 0 Å². The summed E-state index contributed by atoms with van der Waals surface area (Å²) in [5, 5.41) is 0. The van der Waals surface area contributed by atoms with Crippen molar-refractivity contribution in [3.63, 3.8) is 0 Å². The Kier molecular flexibility index (Phi) is 2.88. The molecular weight excluding hydrogens is 178 g/mol. The number of nitrogens with zero attached hydrogens (tertiary/aromatic N) is 1. The Labute approximate surface area is 85.4 Å². The van der Waals surface area contributed by atoms with Crippen LogP contribution in [0.25, 0.3) is 0 Å². The van der Waals surface area contributed by atoms with E-state index in [1.54, 1.807) is 0 Å². The fraction of sp³-hybridized carbons (Fsp3) is 0.909. The van der Waals surface area contributed by atoms with Crippen LogP contribution in [0.5, 0.6) is 0 Å². The molecule has 0 bridgehead atoms. The number of hydrogen-bond donors (Lipinski definition) is 0. The van der Waals surface area contributed by atoms with Gasteiger partial charge in [0, 0.05) is 39.6 Å². The lowest BCUT2D eigenvalue weighted by atomic mass is 9.79. The maximum Gasteiger partial charge on any atom is 0.135 e. The number of ketones is 1. The molecule has 3 heteroatoms. The van der Waals surface area contributed by atoms with Crippen LogP contribution >= 0.6 is 0 Å². The van der Waals surface area contributed by atoms with Crippen LogP contribution < -0.4 is 0 Å². The highest BCUT2D eigenvalue weighted by atomic mass is 16.5. The Balaban J connectivity index is 1.82. The van der Waals surface area contributed by atoms with Crippen molar-refractivity contribution in [3.8, 4) is 0 Å². The van der Waals surface area contributed by atoms with Gasteiger partial charge in [-0.1, -0.05) is 0 Å². The molecule has 3 nitrogen and oxygen atoms in total. The summed E-state index contributed by atoms with van der Waals surface area (Å²) in [6.07, 6.45) is 5.14. The molecule has 14 heavy (non-hydrogen) atoms. The van der Waals surface area contributed by atoms with Crippen LogP contribution in [0.15, 0.2) is 0 Å². The third-order valence-corrected chi connectivity index (χ3v) is 3.62. The molecule has 1 aliphatic carbocycles. The second-order valence-electron chi connectivity index (χ2n) is 4.56. The van der Waals surface area contributed by atoms with Gasteiger partial charge in [-0.25, -0.2) is 0 Å². The predicted octanol–water partition coefficient (Wildman–Crippen LogP) is 1.22. The first-order valence-electron chi connectivity index (χ1n) is 5.53. The van der Waals surface area contributed by atoms with Gasteiger partial charge in [0.25, 0.3) is 0 Å². The number of ether oxygens (including phenoxy) is 1. The van der Waals surface area contributed by atoms with Crippen LogP contribution in [-0.4, -0.2) is 43.0 Å². The topological polar surface area (TPSA) is 29.5 Å². The minimum absolute atomic E-state index is 0.125. The lowest BCUT2D eigenvalue weighted by Crippen LogP contribution is -2.51. The maximum atomic E-state index is 11.1. The lowest BCUT2D eigenvalue weighted by molar-refractivity contribution is -0.125. The summed E-state index contributed by atoms with van der Waals surface area (Å²) < 4.78 is 5.58. The van der Waals surface area contributed by atoms with E-state index in [0.717, 1.165) is 32.5 Å². The number of methoxy groups -OCH3 is 1. The molecule has 80 valence electrons. The Morgan fingerprint density at radius 2 is 2.00 bits per heavy atom. The summed E-state index contributed by atoms with van der Waals surface area (Å²) in [4.78, 5) is 13.4. The third kappa shape index (κ3) is 1.98. The lowest BCUT2D eigenvalue weighted by Gasteiger charge is -2.44. The van der Waals surface area contributed by atoms with Gasteiger partial charge in [-0.05, 0) is 19.3 Å². The van der Waals surface area contributed by atoms with Crippen molar-refractivity contribution in [2.45, 2.75) is 37.7 Å². The second-order valence-corrected chi connectivity index (χ2v) is 4.56. The molecule has 0 aromatic heterocycles. The Morgan fingerprint density at radius 3 is 2.43 bits per heavy atom. The van der Waals surface area contributed by atoms with Gasteiger partial charge < -0.3 is 4.74 Å². The van der Waals surface area contributed by atoms with Crippen molar-refractivity contribution >= 4 is 5.78 Å². The third-order valence-electron chi connectivity index (χ3n) is 3.62. The number of rotatable bonds is 3. The first-order valence-corrected chi connectivity index (χ1v) is 5.53. The standard InChI is InChI=1S/C11H19NO2/c1-14-11(5-2-6-11)9-12-7-3-10(13)4-8-12/h2-9H2,1H3.